The third kappa shape index (κ3) is 5.85. The summed E-state index contributed by atoms with van der Waals surface area (Å²) in [6.07, 6.45) is 3.17. The van der Waals surface area contributed by atoms with Crippen LogP contribution in [0.3, 0.4) is 0 Å². The number of phenolic OH excluding ortho intramolecular Hbond substituents is 1. The van der Waals surface area contributed by atoms with Gasteiger partial charge in [0.05, 0.1) is 6.20 Å². The summed E-state index contributed by atoms with van der Waals surface area (Å²) in [6.45, 7) is 4.85. The average molecular weight is 697 g/mol. The van der Waals surface area contributed by atoms with Crippen LogP contribution in [0.5, 0.6) is 5.75 Å². The number of aromatic nitrogens is 3. The molecule has 0 saturated heterocycles. The molecule has 35 heavy (non-hydrogen) atoms. The Labute approximate surface area is 223 Å². The van der Waals surface area contributed by atoms with Gasteiger partial charge in [0.2, 0.25) is 0 Å². The van der Waals surface area contributed by atoms with Gasteiger partial charge < -0.3 is 5.11 Å². The topological polar surface area (TPSA) is 109 Å². The van der Waals surface area contributed by atoms with Gasteiger partial charge in [-0.15, -0.1) is 0 Å². The summed E-state index contributed by atoms with van der Waals surface area (Å²) in [5.41, 5.74) is 3.87. The van der Waals surface area contributed by atoms with Crippen molar-refractivity contribution in [1.82, 2.24) is 19.3 Å². The molecule has 0 radical (unpaired) electrons. The second-order valence-electron chi connectivity index (χ2n) is 8.48. The first-order valence-electron chi connectivity index (χ1n) is 11.3. The van der Waals surface area contributed by atoms with Gasteiger partial charge in [-0.2, -0.15) is 0 Å². The zero-order valence-corrected chi connectivity index (χ0v) is 27.2. The monoisotopic (exact) mass is 698 g/mol. The Hall–Kier alpha value is -2.06. The van der Waals surface area contributed by atoms with Crippen LogP contribution in [0.4, 0.5) is 5.82 Å². The molecule has 2 aromatic heterocycles. The first kappa shape index (κ1) is 26.0. The molecule has 4 aromatic rings. The van der Waals surface area contributed by atoms with Crippen LogP contribution >= 0.6 is 9.24 Å². The molecule has 0 aliphatic heterocycles. The van der Waals surface area contributed by atoms with Crippen LogP contribution < -0.4 is 18.4 Å². The summed E-state index contributed by atoms with van der Waals surface area (Å²) >= 11 is 0.213. The van der Waals surface area contributed by atoms with E-state index in [0.29, 0.717) is 41.3 Å². The molecule has 2 aromatic carbocycles. The van der Waals surface area contributed by atoms with Gasteiger partial charge in [0.25, 0.3) is 0 Å². The summed E-state index contributed by atoms with van der Waals surface area (Å²) in [4.78, 5) is 5.12. The molecule has 2 heterocycles. The summed E-state index contributed by atoms with van der Waals surface area (Å²) in [7, 11) is -0.886. The molecule has 0 aliphatic carbocycles. The number of para-hydroxylation sites is 1. The van der Waals surface area contributed by atoms with E-state index < -0.39 is 10.0 Å². The molecule has 11 heteroatoms. The first-order valence-corrected chi connectivity index (χ1v) is 16.1. The van der Waals surface area contributed by atoms with Gasteiger partial charge in [-0.25, -0.2) is 4.98 Å². The number of sulfonamides is 1. The van der Waals surface area contributed by atoms with Crippen LogP contribution in [-0.2, 0) is 36.1 Å². The van der Waals surface area contributed by atoms with Gasteiger partial charge in [0, 0.05) is 10.9 Å². The molecule has 3 N–H and O–H groups in total. The summed E-state index contributed by atoms with van der Waals surface area (Å²) in [6, 6.07) is 12.8. The molecule has 1 atom stereocenters. The van der Waals surface area contributed by atoms with Crippen molar-refractivity contribution in [2.45, 2.75) is 31.6 Å². The summed E-state index contributed by atoms with van der Waals surface area (Å²) < 4.78 is 31.1. The second kappa shape index (κ2) is 10.9. The third-order valence-electron chi connectivity index (χ3n) is 5.65. The molecule has 0 amide bonds. The van der Waals surface area contributed by atoms with Crippen molar-refractivity contribution in [3.8, 4) is 17.0 Å². The van der Waals surface area contributed by atoms with Gasteiger partial charge in [0.1, 0.15) is 5.75 Å². The maximum atomic E-state index is 12.9. The zero-order chi connectivity index (χ0) is 25.2. The number of anilines is 1. The summed E-state index contributed by atoms with van der Waals surface area (Å²) in [5.74, 6) is 0.913. The number of hydrogen-bond donors (Lipinski definition) is 3. The maximum absolute atomic E-state index is 12.9. The van der Waals surface area contributed by atoms with Crippen molar-refractivity contribution in [3.05, 3.63) is 59.8 Å². The molecule has 0 fully saturated rings. The molecule has 0 bridgehead atoms. The molecule has 8 nitrogen and oxygen atoms in total. The Morgan fingerprint density at radius 1 is 1.11 bits per heavy atom. The van der Waals surface area contributed by atoms with Crippen LogP contribution in [0.15, 0.2) is 53.6 Å². The number of hydrogen-bond acceptors (Lipinski definition) is 6. The number of aromatic hydroxyl groups is 1. The zero-order valence-electron chi connectivity index (χ0n) is 19.7. The fraction of sp³-hybridized carbons (Fsp3) is 0.250. The Kier molecular flexibility index (Phi) is 8.11. The number of rotatable bonds is 9. The van der Waals surface area contributed by atoms with E-state index in [9.17, 15) is 13.5 Å². The molecule has 179 valence electrons. The average Bonchev–Trinajstić information content (AvgIpc) is 3.16. The van der Waals surface area contributed by atoms with Crippen molar-refractivity contribution in [1.29, 1.82) is 0 Å². The number of nitrogens with zero attached hydrogens (tertiary/aromatic N) is 3. The SMILES string of the molecule is Cc1cc(C)c(S(=O)(=O)NCCCCNc2cc(-c3ccccc3O)nc3c(P)cnn23)[c]([Hg])c1. The minimum atomic E-state index is -3.51. The number of benzene rings is 2. The van der Waals surface area contributed by atoms with Crippen molar-refractivity contribution >= 4 is 39.1 Å². The van der Waals surface area contributed by atoms with E-state index in [2.05, 4.69) is 29.4 Å². The van der Waals surface area contributed by atoms with E-state index in [1.807, 2.05) is 44.2 Å². The van der Waals surface area contributed by atoms with Crippen molar-refractivity contribution in [2.24, 2.45) is 0 Å². The quantitative estimate of drug-likeness (QED) is 0.141. The molecular formula is C24H27HgN5O3PS. The number of phenols is 1. The second-order valence-corrected chi connectivity index (χ2v) is 13.8. The molecule has 4 rings (SSSR count). The normalized spacial score (nSPS) is 11.8. The van der Waals surface area contributed by atoms with Gasteiger partial charge in [-0.1, -0.05) is 21.4 Å². The first-order chi connectivity index (χ1) is 16.7. The van der Waals surface area contributed by atoms with Gasteiger partial charge in [-0.3, -0.25) is 0 Å². The third-order valence-corrected chi connectivity index (χ3v) is 10.9. The Bertz CT molecular complexity index is 1470. The number of unbranched alkanes of at least 4 members (excludes halogenated alkanes) is 1. The van der Waals surface area contributed by atoms with Crippen LogP contribution in [0.1, 0.15) is 24.0 Å². The Morgan fingerprint density at radius 2 is 1.86 bits per heavy atom. The van der Waals surface area contributed by atoms with Gasteiger partial charge in [0.15, 0.2) is 0 Å². The molecular weight excluding hydrogens is 670 g/mol. The van der Waals surface area contributed by atoms with Crippen LogP contribution in [0.2, 0.25) is 0 Å². The Morgan fingerprint density at radius 3 is 2.60 bits per heavy atom. The number of nitrogens with one attached hydrogen (secondary N) is 2. The van der Waals surface area contributed by atoms with Crippen LogP contribution in [-0.4, -0.2) is 41.2 Å². The fourth-order valence-electron chi connectivity index (χ4n) is 4.11. The molecule has 1 unspecified atom stereocenters. The van der Waals surface area contributed by atoms with E-state index in [1.54, 1.807) is 22.8 Å². The molecule has 0 aliphatic rings. The van der Waals surface area contributed by atoms with Crippen LogP contribution in [0.25, 0.3) is 16.9 Å². The molecule has 0 saturated carbocycles. The Balaban J connectivity index is 1.40. The number of fused-ring (bicyclic) bond motifs is 1. The van der Waals surface area contributed by atoms with Crippen LogP contribution in [0, 0.1) is 13.8 Å². The van der Waals surface area contributed by atoms with Crippen molar-refractivity contribution in [3.63, 3.8) is 0 Å². The number of aryl methyl sites for hydroxylation is 2. The fourth-order valence-corrected chi connectivity index (χ4v) is 10.4. The molecule has 0 spiro atoms. The van der Waals surface area contributed by atoms with E-state index in [-0.39, 0.29) is 31.9 Å². The van der Waals surface area contributed by atoms with Gasteiger partial charge in [-0.05, 0) is 12.1 Å². The van der Waals surface area contributed by atoms with Crippen molar-refractivity contribution < 1.29 is 39.6 Å². The van der Waals surface area contributed by atoms with E-state index in [0.717, 1.165) is 31.7 Å². The van der Waals surface area contributed by atoms with E-state index in [1.165, 1.54) is 0 Å². The predicted octanol–water partition coefficient (Wildman–Crippen LogP) is 2.56. The standard InChI is InChI=1S/C24H27N5O3PS.Hg/c1-16-9-10-22(17(2)13-16)34(31,32)27-12-6-5-11-25-23-14-19(18-7-3-4-8-20(18)30)28-24-21(33)15-26-29(23)24;/h3-4,7-9,13-15,25,27,30H,5-6,11-12,33H2,1-2H3;. The van der Waals surface area contributed by atoms with E-state index >= 15 is 0 Å². The summed E-state index contributed by atoms with van der Waals surface area (Å²) in [5, 5.41) is 18.9. The predicted molar refractivity (Wildman–Crippen MR) is 138 cm³/mol. The van der Waals surface area contributed by atoms with E-state index in [4.69, 9.17) is 0 Å². The minimum absolute atomic E-state index is 0.162. The van der Waals surface area contributed by atoms with Gasteiger partial charge >= 0.3 is 158 Å². The van der Waals surface area contributed by atoms with Crippen molar-refractivity contribution in [2.75, 3.05) is 18.4 Å².